The summed E-state index contributed by atoms with van der Waals surface area (Å²) in [6.45, 7) is 10.00. The average Bonchev–Trinajstić information content (AvgIpc) is 2.41. The molecule has 1 atom stereocenters. The molecule has 1 amide bonds. The smallest absolute Gasteiger partial charge is 0.239 e. The van der Waals surface area contributed by atoms with Crippen molar-refractivity contribution in [3.63, 3.8) is 0 Å². The number of carbonyl (C=O) groups excluding carboxylic acids is 1. The van der Waals surface area contributed by atoms with E-state index in [1.54, 1.807) is 12.1 Å². The highest BCUT2D eigenvalue weighted by Crippen LogP contribution is 2.25. The maximum Gasteiger partial charge on any atom is 0.239 e. The standard InChI is InChI=1S/C15H20Cl2N2O.C2H6/c1-9(2)11-7-19(8-11)15(20)14(18)5-10-3-4-12(16)6-13(10)17;1-2/h3-4,6,9,11,14H,5,7-8,18H2,1-2H3;1-2H3. The van der Waals surface area contributed by atoms with Crippen LogP contribution in [0.3, 0.4) is 0 Å². The SMILES string of the molecule is CC.CC(C)C1CN(C(=O)C(N)Cc2ccc(Cl)cc2Cl)C1. The fraction of sp³-hybridized carbons (Fsp3) is 0.588. The van der Waals surface area contributed by atoms with E-state index in [4.69, 9.17) is 28.9 Å². The lowest BCUT2D eigenvalue weighted by molar-refractivity contribution is -0.140. The van der Waals surface area contributed by atoms with Crippen molar-refractivity contribution in [3.8, 4) is 0 Å². The molecule has 0 aromatic heterocycles. The van der Waals surface area contributed by atoms with Crippen LogP contribution < -0.4 is 5.73 Å². The molecule has 2 rings (SSSR count). The minimum Gasteiger partial charge on any atom is -0.341 e. The van der Waals surface area contributed by atoms with Gasteiger partial charge in [0.25, 0.3) is 0 Å². The number of halogens is 2. The third kappa shape index (κ3) is 4.87. The quantitative estimate of drug-likeness (QED) is 0.896. The van der Waals surface area contributed by atoms with Gasteiger partial charge in [-0.3, -0.25) is 4.79 Å². The molecule has 0 bridgehead atoms. The summed E-state index contributed by atoms with van der Waals surface area (Å²) in [5.74, 6) is 1.22. The van der Waals surface area contributed by atoms with E-state index in [-0.39, 0.29) is 5.91 Å². The van der Waals surface area contributed by atoms with Gasteiger partial charge in [0, 0.05) is 23.1 Å². The van der Waals surface area contributed by atoms with Gasteiger partial charge in [-0.05, 0) is 36.0 Å². The molecule has 2 N–H and O–H groups in total. The van der Waals surface area contributed by atoms with E-state index < -0.39 is 6.04 Å². The summed E-state index contributed by atoms with van der Waals surface area (Å²) < 4.78 is 0. The largest absolute Gasteiger partial charge is 0.341 e. The predicted octanol–water partition coefficient (Wildman–Crippen LogP) is 4.00. The maximum atomic E-state index is 12.2. The van der Waals surface area contributed by atoms with Crippen molar-refractivity contribution < 1.29 is 4.79 Å². The second-order valence-corrected chi connectivity index (χ2v) is 6.64. The molecule has 1 unspecified atom stereocenters. The molecule has 1 aliphatic rings. The van der Waals surface area contributed by atoms with Crippen molar-refractivity contribution in [1.82, 2.24) is 4.90 Å². The van der Waals surface area contributed by atoms with Gasteiger partial charge < -0.3 is 10.6 Å². The van der Waals surface area contributed by atoms with Gasteiger partial charge in [-0.15, -0.1) is 0 Å². The van der Waals surface area contributed by atoms with Crippen molar-refractivity contribution in [2.45, 2.75) is 40.2 Å². The fourth-order valence-electron chi connectivity index (χ4n) is 2.36. The molecule has 1 aromatic rings. The lowest BCUT2D eigenvalue weighted by Gasteiger charge is -2.42. The van der Waals surface area contributed by atoms with Crippen LogP contribution in [0.5, 0.6) is 0 Å². The number of hydrogen-bond donors (Lipinski definition) is 1. The summed E-state index contributed by atoms with van der Waals surface area (Å²) in [5.41, 5.74) is 6.86. The van der Waals surface area contributed by atoms with E-state index in [2.05, 4.69) is 13.8 Å². The first kappa shape index (κ1) is 19.3. The Labute approximate surface area is 143 Å². The molecule has 0 radical (unpaired) electrons. The Bertz CT molecular complexity index is 499. The first-order valence-electron chi connectivity index (χ1n) is 7.86. The molecule has 1 saturated heterocycles. The van der Waals surface area contributed by atoms with E-state index in [0.717, 1.165) is 18.7 Å². The van der Waals surface area contributed by atoms with Crippen LogP contribution in [0.25, 0.3) is 0 Å². The Balaban J connectivity index is 0.00000116. The van der Waals surface area contributed by atoms with Gasteiger partial charge in [0.2, 0.25) is 5.91 Å². The Hall–Kier alpha value is -0.770. The predicted molar refractivity (Wildman–Crippen MR) is 94.4 cm³/mol. The van der Waals surface area contributed by atoms with Gasteiger partial charge in [0.05, 0.1) is 6.04 Å². The van der Waals surface area contributed by atoms with E-state index in [1.165, 1.54) is 0 Å². The van der Waals surface area contributed by atoms with Gasteiger partial charge in [-0.2, -0.15) is 0 Å². The minimum absolute atomic E-state index is 0.00733. The van der Waals surface area contributed by atoms with E-state index in [1.807, 2.05) is 24.8 Å². The molecule has 1 heterocycles. The number of benzene rings is 1. The van der Waals surface area contributed by atoms with Crippen LogP contribution in [-0.4, -0.2) is 29.9 Å². The number of amides is 1. The number of rotatable bonds is 4. The van der Waals surface area contributed by atoms with Crippen molar-refractivity contribution >= 4 is 29.1 Å². The second kappa shape index (κ2) is 8.76. The highest BCUT2D eigenvalue weighted by Gasteiger charge is 2.34. The Morgan fingerprint density at radius 1 is 1.32 bits per heavy atom. The van der Waals surface area contributed by atoms with Gasteiger partial charge in [-0.25, -0.2) is 0 Å². The first-order valence-corrected chi connectivity index (χ1v) is 8.62. The molecular weight excluding hydrogens is 319 g/mol. The van der Waals surface area contributed by atoms with Crippen molar-refractivity contribution in [1.29, 1.82) is 0 Å². The Morgan fingerprint density at radius 3 is 2.41 bits per heavy atom. The van der Waals surface area contributed by atoms with Crippen LogP contribution in [0.15, 0.2) is 18.2 Å². The summed E-state index contributed by atoms with van der Waals surface area (Å²) >= 11 is 12.0. The molecule has 22 heavy (non-hydrogen) atoms. The monoisotopic (exact) mass is 344 g/mol. The molecule has 5 heteroatoms. The normalized spacial score (nSPS) is 15.9. The molecule has 0 aliphatic carbocycles. The van der Waals surface area contributed by atoms with E-state index in [9.17, 15) is 4.79 Å². The molecule has 1 aliphatic heterocycles. The summed E-state index contributed by atoms with van der Waals surface area (Å²) in [6.07, 6.45) is 0.442. The van der Waals surface area contributed by atoms with Gasteiger partial charge in [-0.1, -0.05) is 57.0 Å². The summed E-state index contributed by atoms with van der Waals surface area (Å²) in [6, 6.07) is 4.72. The first-order chi connectivity index (χ1) is 10.4. The van der Waals surface area contributed by atoms with Crippen molar-refractivity contribution in [2.75, 3.05) is 13.1 Å². The minimum atomic E-state index is -0.540. The zero-order valence-corrected chi connectivity index (χ0v) is 15.3. The van der Waals surface area contributed by atoms with Gasteiger partial charge in [0.15, 0.2) is 0 Å². The zero-order chi connectivity index (χ0) is 16.9. The van der Waals surface area contributed by atoms with Crippen LogP contribution in [0.1, 0.15) is 33.3 Å². The molecule has 1 aromatic carbocycles. The lowest BCUT2D eigenvalue weighted by atomic mass is 9.87. The summed E-state index contributed by atoms with van der Waals surface area (Å²) in [5, 5.41) is 1.14. The van der Waals surface area contributed by atoms with Crippen LogP contribution in [0.4, 0.5) is 0 Å². The Kier molecular flexibility index (Phi) is 7.67. The summed E-state index contributed by atoms with van der Waals surface area (Å²) in [4.78, 5) is 14.0. The van der Waals surface area contributed by atoms with Crippen molar-refractivity contribution in [3.05, 3.63) is 33.8 Å². The number of likely N-dealkylation sites (tertiary alicyclic amines) is 1. The van der Waals surface area contributed by atoms with Gasteiger partial charge >= 0.3 is 0 Å². The van der Waals surface area contributed by atoms with Crippen LogP contribution >= 0.6 is 23.2 Å². The number of nitrogens with zero attached hydrogens (tertiary/aromatic N) is 1. The second-order valence-electron chi connectivity index (χ2n) is 5.79. The third-order valence-corrected chi connectivity index (χ3v) is 4.52. The zero-order valence-electron chi connectivity index (χ0n) is 13.8. The molecule has 0 saturated carbocycles. The average molecular weight is 345 g/mol. The summed E-state index contributed by atoms with van der Waals surface area (Å²) in [7, 11) is 0. The fourth-order valence-corrected chi connectivity index (χ4v) is 2.85. The van der Waals surface area contributed by atoms with E-state index in [0.29, 0.717) is 28.3 Å². The highest BCUT2D eigenvalue weighted by atomic mass is 35.5. The van der Waals surface area contributed by atoms with Crippen LogP contribution in [0.2, 0.25) is 10.0 Å². The van der Waals surface area contributed by atoms with Crippen LogP contribution in [-0.2, 0) is 11.2 Å². The number of carbonyl (C=O) groups is 1. The van der Waals surface area contributed by atoms with E-state index >= 15 is 0 Å². The number of hydrogen-bond acceptors (Lipinski definition) is 2. The molecule has 1 fully saturated rings. The topological polar surface area (TPSA) is 46.3 Å². The Morgan fingerprint density at radius 2 is 1.91 bits per heavy atom. The highest BCUT2D eigenvalue weighted by molar-refractivity contribution is 6.35. The number of nitrogens with two attached hydrogens (primary N) is 1. The molecule has 0 spiro atoms. The molecule has 124 valence electrons. The van der Waals surface area contributed by atoms with Gasteiger partial charge in [0.1, 0.15) is 0 Å². The maximum absolute atomic E-state index is 12.2. The molecule has 3 nitrogen and oxygen atoms in total. The third-order valence-electron chi connectivity index (χ3n) is 3.94. The molecular formula is C17H26Cl2N2O. The van der Waals surface area contributed by atoms with Crippen LogP contribution in [0, 0.1) is 11.8 Å². The van der Waals surface area contributed by atoms with Crippen molar-refractivity contribution in [2.24, 2.45) is 17.6 Å². The lowest BCUT2D eigenvalue weighted by Crippen LogP contribution is -2.56.